The Bertz CT molecular complexity index is 1440. The number of carbonyl (C=O) groups excluding carboxylic acids is 2. The molecule has 2 aromatic carbocycles. The molecule has 0 bridgehead atoms. The smallest absolute Gasteiger partial charge is 0.251 e. The Labute approximate surface area is 244 Å². The molecule has 0 radical (unpaired) electrons. The van der Waals surface area contributed by atoms with Crippen molar-refractivity contribution in [3.8, 4) is 22.5 Å². The van der Waals surface area contributed by atoms with Gasteiger partial charge in [-0.1, -0.05) is 24.3 Å². The number of rotatable bonds is 8. The van der Waals surface area contributed by atoms with Crippen molar-refractivity contribution in [2.75, 3.05) is 17.2 Å². The van der Waals surface area contributed by atoms with Crippen LogP contribution >= 0.6 is 12.4 Å². The van der Waals surface area contributed by atoms with E-state index in [1.165, 1.54) is 4.90 Å². The molecule has 1 saturated carbocycles. The van der Waals surface area contributed by atoms with Crippen LogP contribution in [0.3, 0.4) is 0 Å². The summed E-state index contributed by atoms with van der Waals surface area (Å²) in [5.41, 5.74) is 22.1. The molecule has 4 aromatic rings. The Morgan fingerprint density at radius 1 is 0.976 bits per heavy atom. The third-order valence-electron chi connectivity index (χ3n) is 7.58. The minimum Gasteiger partial charge on any atom is -0.383 e. The van der Waals surface area contributed by atoms with Crippen molar-refractivity contribution in [2.24, 2.45) is 23.3 Å². The molecule has 1 aliphatic carbocycles. The van der Waals surface area contributed by atoms with Crippen LogP contribution < -0.4 is 22.1 Å². The number of benzene rings is 2. The van der Waals surface area contributed by atoms with E-state index in [-0.39, 0.29) is 30.7 Å². The van der Waals surface area contributed by atoms with Crippen LogP contribution in [0.25, 0.3) is 22.5 Å². The molecule has 1 fully saturated rings. The van der Waals surface area contributed by atoms with Crippen LogP contribution in [0, 0.1) is 11.8 Å². The summed E-state index contributed by atoms with van der Waals surface area (Å²) in [7, 11) is 0. The molecule has 0 spiro atoms. The fourth-order valence-corrected chi connectivity index (χ4v) is 5.22. The molecule has 0 aliphatic heterocycles. The van der Waals surface area contributed by atoms with Crippen LogP contribution in [0.4, 0.5) is 11.5 Å². The zero-order chi connectivity index (χ0) is 28.1. The largest absolute Gasteiger partial charge is 0.383 e. The Morgan fingerprint density at radius 2 is 1.66 bits per heavy atom. The molecular formula is C29H34ClN9O2. The number of nitrogen functional groups attached to an aromatic ring is 1. The molecule has 1 aliphatic rings. The van der Waals surface area contributed by atoms with E-state index in [1.807, 2.05) is 36.4 Å². The van der Waals surface area contributed by atoms with E-state index in [4.69, 9.17) is 17.2 Å². The van der Waals surface area contributed by atoms with Gasteiger partial charge in [-0.15, -0.1) is 22.6 Å². The maximum absolute atomic E-state index is 13.8. The molecule has 11 nitrogen and oxygen atoms in total. The molecule has 214 valence electrons. The van der Waals surface area contributed by atoms with E-state index in [2.05, 4.69) is 25.6 Å². The van der Waals surface area contributed by atoms with Crippen LogP contribution in [0.1, 0.15) is 31.2 Å². The van der Waals surface area contributed by atoms with Gasteiger partial charge < -0.3 is 17.2 Å². The summed E-state index contributed by atoms with van der Waals surface area (Å²) in [6.45, 7) is 0.609. The lowest BCUT2D eigenvalue weighted by Crippen LogP contribution is -2.50. The molecule has 2 aromatic heterocycles. The zero-order valence-electron chi connectivity index (χ0n) is 22.5. The van der Waals surface area contributed by atoms with Crippen molar-refractivity contribution in [3.63, 3.8) is 0 Å². The van der Waals surface area contributed by atoms with E-state index >= 15 is 0 Å². The molecule has 2 heterocycles. The van der Waals surface area contributed by atoms with Gasteiger partial charge in [0.1, 0.15) is 5.82 Å². The van der Waals surface area contributed by atoms with Gasteiger partial charge in [-0.05, 0) is 97.3 Å². The van der Waals surface area contributed by atoms with Crippen molar-refractivity contribution in [1.29, 1.82) is 0 Å². The first kappa shape index (κ1) is 29.8. The van der Waals surface area contributed by atoms with Gasteiger partial charge in [0.25, 0.3) is 5.91 Å². The Hall–Kier alpha value is -4.19. The summed E-state index contributed by atoms with van der Waals surface area (Å²) in [5, 5.41) is 14.0. The minimum atomic E-state index is -0.921. The van der Waals surface area contributed by atoms with Crippen LogP contribution in [0.15, 0.2) is 66.9 Å². The van der Waals surface area contributed by atoms with Crippen molar-refractivity contribution in [1.82, 2.24) is 25.6 Å². The summed E-state index contributed by atoms with van der Waals surface area (Å²) in [6, 6.07) is 17.4. The average Bonchev–Trinajstić information content (AvgIpc) is 3.53. The summed E-state index contributed by atoms with van der Waals surface area (Å²) in [5.74, 6) is 0.338. The number of anilines is 2. The topological polar surface area (TPSA) is 183 Å². The SMILES string of the molecule is Cl.NC[C@H]1CC[C@H](C(=O)N(C(=O)[C@@H](N)Cc2ccc(-c3cccnc3N)cc2)c2ccc(-c3nn[nH]n3)cc2)CC1. The number of H-pyrrole nitrogens is 1. The first-order valence-corrected chi connectivity index (χ1v) is 13.4. The van der Waals surface area contributed by atoms with Gasteiger partial charge in [0.2, 0.25) is 11.7 Å². The first-order chi connectivity index (χ1) is 19.4. The predicted octanol–water partition coefficient (Wildman–Crippen LogP) is 3.13. The molecule has 0 unspecified atom stereocenters. The summed E-state index contributed by atoms with van der Waals surface area (Å²) >= 11 is 0. The minimum absolute atomic E-state index is 0. The van der Waals surface area contributed by atoms with Crippen LogP contribution in [-0.4, -0.2) is 50.0 Å². The molecule has 2 amide bonds. The van der Waals surface area contributed by atoms with Crippen molar-refractivity contribution >= 4 is 35.7 Å². The van der Waals surface area contributed by atoms with Crippen molar-refractivity contribution in [3.05, 3.63) is 72.4 Å². The van der Waals surface area contributed by atoms with Crippen LogP contribution in [0.2, 0.25) is 0 Å². The third-order valence-corrected chi connectivity index (χ3v) is 7.58. The Morgan fingerprint density at radius 3 is 2.27 bits per heavy atom. The molecule has 7 N–H and O–H groups in total. The molecular weight excluding hydrogens is 542 g/mol. The molecule has 12 heteroatoms. The van der Waals surface area contributed by atoms with Gasteiger partial charge in [-0.25, -0.2) is 9.88 Å². The lowest BCUT2D eigenvalue weighted by atomic mass is 9.81. The van der Waals surface area contributed by atoms with Gasteiger partial charge in [0.05, 0.1) is 11.7 Å². The lowest BCUT2D eigenvalue weighted by Gasteiger charge is -2.32. The van der Waals surface area contributed by atoms with Crippen LogP contribution in [0.5, 0.6) is 0 Å². The summed E-state index contributed by atoms with van der Waals surface area (Å²) < 4.78 is 0. The highest BCUT2D eigenvalue weighted by Crippen LogP contribution is 2.32. The number of nitrogens with two attached hydrogens (primary N) is 3. The number of aromatic amines is 1. The number of carbonyl (C=O) groups is 2. The second kappa shape index (κ2) is 13.4. The van der Waals surface area contributed by atoms with E-state index in [0.29, 0.717) is 48.2 Å². The van der Waals surface area contributed by atoms with Gasteiger partial charge >= 0.3 is 0 Å². The number of hydrogen-bond donors (Lipinski definition) is 4. The molecule has 1 atom stereocenters. The van der Waals surface area contributed by atoms with Crippen molar-refractivity contribution in [2.45, 2.75) is 38.1 Å². The van der Waals surface area contributed by atoms with Crippen molar-refractivity contribution < 1.29 is 9.59 Å². The van der Waals surface area contributed by atoms with E-state index < -0.39 is 11.9 Å². The Balaban J connectivity index is 0.00000387. The number of pyridine rings is 1. The van der Waals surface area contributed by atoms with Gasteiger partial charge in [0, 0.05) is 23.2 Å². The highest BCUT2D eigenvalue weighted by Gasteiger charge is 2.35. The maximum Gasteiger partial charge on any atom is 0.251 e. The normalized spacial score (nSPS) is 17.3. The third kappa shape index (κ3) is 6.76. The Kier molecular flexibility index (Phi) is 9.77. The quantitative estimate of drug-likeness (QED) is 0.245. The standard InChI is InChI=1S/C29H33N9O2.ClH/c30-17-19-5-9-22(10-6-19)28(39)38(23-13-11-21(12-14-23)27-34-36-37-35-27)29(40)25(31)16-18-3-7-20(8-4-18)24-2-1-15-33-26(24)32;/h1-4,7-8,11-15,19,22,25H,5-6,9-10,16-17,30-31H2,(H2,32,33)(H,34,35,36,37);1H/t19-,22-,25-;/m0./s1. The number of tetrazole rings is 1. The summed E-state index contributed by atoms with van der Waals surface area (Å²) in [4.78, 5) is 33.0. The highest BCUT2D eigenvalue weighted by atomic mass is 35.5. The number of halogens is 1. The first-order valence-electron chi connectivity index (χ1n) is 13.4. The maximum atomic E-state index is 13.8. The van der Waals surface area contributed by atoms with E-state index in [9.17, 15) is 9.59 Å². The lowest BCUT2D eigenvalue weighted by molar-refractivity contribution is -0.130. The van der Waals surface area contributed by atoms with E-state index in [1.54, 1.807) is 30.5 Å². The van der Waals surface area contributed by atoms with E-state index in [0.717, 1.165) is 29.5 Å². The number of nitrogens with zero attached hydrogens (tertiary/aromatic N) is 5. The molecule has 5 rings (SSSR count). The van der Waals surface area contributed by atoms with Gasteiger partial charge in [0.15, 0.2) is 0 Å². The second-order valence-corrected chi connectivity index (χ2v) is 10.2. The van der Waals surface area contributed by atoms with Gasteiger partial charge in [-0.3, -0.25) is 9.59 Å². The number of nitrogens with one attached hydrogen (secondary N) is 1. The number of amides is 2. The average molecular weight is 576 g/mol. The molecule has 0 saturated heterocycles. The monoisotopic (exact) mass is 575 g/mol. The zero-order valence-corrected chi connectivity index (χ0v) is 23.3. The highest BCUT2D eigenvalue weighted by molar-refractivity contribution is 6.17. The fourth-order valence-electron chi connectivity index (χ4n) is 5.22. The number of imide groups is 1. The summed E-state index contributed by atoms with van der Waals surface area (Å²) in [6.07, 6.45) is 5.04. The number of aromatic nitrogens is 5. The number of hydrogen-bond acceptors (Lipinski definition) is 9. The second-order valence-electron chi connectivity index (χ2n) is 10.2. The predicted molar refractivity (Wildman–Crippen MR) is 160 cm³/mol. The van der Waals surface area contributed by atoms with Crippen LogP contribution in [-0.2, 0) is 16.0 Å². The molecule has 41 heavy (non-hydrogen) atoms. The van der Waals surface area contributed by atoms with Gasteiger partial charge in [-0.2, -0.15) is 5.21 Å². The fraction of sp³-hybridized carbons (Fsp3) is 0.310.